The molecule has 3 heteroatoms. The third-order valence-corrected chi connectivity index (χ3v) is 5.48. The van der Waals surface area contributed by atoms with Crippen LogP contribution in [-0.4, -0.2) is 12.6 Å². The summed E-state index contributed by atoms with van der Waals surface area (Å²) in [5.41, 5.74) is 5.55. The Labute approximate surface area is 140 Å². The van der Waals surface area contributed by atoms with E-state index in [2.05, 4.69) is 30.3 Å². The van der Waals surface area contributed by atoms with Crippen molar-refractivity contribution in [1.82, 2.24) is 0 Å². The summed E-state index contributed by atoms with van der Waals surface area (Å²) < 4.78 is 11.6. The zero-order chi connectivity index (χ0) is 16.3. The van der Waals surface area contributed by atoms with E-state index >= 15 is 0 Å². The van der Waals surface area contributed by atoms with E-state index < -0.39 is 0 Å². The van der Waals surface area contributed by atoms with Crippen LogP contribution in [-0.2, 0) is 14.3 Å². The zero-order valence-corrected chi connectivity index (χ0v) is 13.4. The van der Waals surface area contributed by atoms with E-state index in [4.69, 9.17) is 9.47 Å². The number of fused-ring (bicyclic) bond motifs is 8. The molecule has 24 heavy (non-hydrogen) atoms. The Hall–Kier alpha value is -2.39. The number of rotatable bonds is 3. The molecule has 3 nitrogen and oxygen atoms in total. The molecule has 2 aromatic carbocycles. The molecule has 2 aromatic rings. The van der Waals surface area contributed by atoms with Crippen molar-refractivity contribution < 1.29 is 14.3 Å². The maximum absolute atomic E-state index is 12.6. The van der Waals surface area contributed by atoms with E-state index in [1.165, 1.54) is 11.1 Å². The second-order valence-corrected chi connectivity index (χ2v) is 6.57. The lowest BCUT2D eigenvalue weighted by molar-refractivity contribution is -0.139. The molecule has 3 aliphatic rings. The third kappa shape index (κ3) is 1.68. The lowest BCUT2D eigenvalue weighted by atomic mass is 9.58. The van der Waals surface area contributed by atoms with E-state index in [1.807, 2.05) is 31.2 Å². The van der Waals surface area contributed by atoms with E-state index in [-0.39, 0.29) is 30.0 Å². The van der Waals surface area contributed by atoms with Crippen molar-refractivity contribution in [1.29, 1.82) is 0 Å². The smallest absolute Gasteiger partial charge is 0.334 e. The highest BCUT2D eigenvalue weighted by atomic mass is 16.5. The van der Waals surface area contributed by atoms with E-state index in [0.29, 0.717) is 6.61 Å². The van der Waals surface area contributed by atoms with Crippen LogP contribution in [0.15, 0.2) is 60.2 Å². The predicted octanol–water partition coefficient (Wildman–Crippen LogP) is 4.08. The summed E-state index contributed by atoms with van der Waals surface area (Å²) in [5, 5.41) is 0. The number of carbonyl (C=O) groups excluding carboxylic acids is 1. The van der Waals surface area contributed by atoms with Crippen molar-refractivity contribution in [3.05, 3.63) is 76.9 Å². The zero-order valence-electron chi connectivity index (χ0n) is 13.4. The molecular weight excluding hydrogens is 300 g/mol. The highest BCUT2D eigenvalue weighted by molar-refractivity contribution is 6.03. The first-order chi connectivity index (χ1) is 11.8. The molecule has 4 atom stereocenters. The van der Waals surface area contributed by atoms with Gasteiger partial charge in [0.1, 0.15) is 0 Å². The van der Waals surface area contributed by atoms with Gasteiger partial charge in [-0.25, -0.2) is 4.79 Å². The highest BCUT2D eigenvalue weighted by Gasteiger charge is 2.62. The van der Waals surface area contributed by atoms with Crippen molar-refractivity contribution >= 4 is 11.5 Å². The number of hydrogen-bond acceptors (Lipinski definition) is 3. The van der Waals surface area contributed by atoms with Crippen LogP contribution in [0.3, 0.4) is 0 Å². The van der Waals surface area contributed by atoms with Crippen LogP contribution >= 0.6 is 0 Å². The first-order valence-electron chi connectivity index (χ1n) is 8.52. The van der Waals surface area contributed by atoms with Crippen molar-refractivity contribution in [3.63, 3.8) is 0 Å². The average molecular weight is 318 g/mol. The largest absolute Gasteiger partial charge is 0.463 e. The topological polar surface area (TPSA) is 35.5 Å². The Balaban J connectivity index is 1.64. The fraction of sp³-hybridized carbons (Fsp3) is 0.286. The van der Waals surface area contributed by atoms with Crippen LogP contribution in [0.5, 0.6) is 0 Å². The average Bonchev–Trinajstić information content (AvgIpc) is 3.09. The first kappa shape index (κ1) is 14.0. The van der Waals surface area contributed by atoms with Crippen LogP contribution in [0.1, 0.15) is 35.8 Å². The second-order valence-electron chi connectivity index (χ2n) is 6.57. The van der Waals surface area contributed by atoms with Gasteiger partial charge >= 0.3 is 5.97 Å². The first-order valence-corrected chi connectivity index (χ1v) is 8.52. The Kier molecular flexibility index (Phi) is 2.95. The molecule has 1 aliphatic carbocycles. The van der Waals surface area contributed by atoms with Crippen LogP contribution in [0.25, 0.3) is 5.57 Å². The Morgan fingerprint density at radius 1 is 0.958 bits per heavy atom. The second kappa shape index (κ2) is 5.05. The third-order valence-electron chi connectivity index (χ3n) is 5.48. The molecule has 120 valence electrons. The summed E-state index contributed by atoms with van der Waals surface area (Å²) in [6.45, 7) is 2.25. The molecular formula is C21H18O3. The minimum Gasteiger partial charge on any atom is -0.463 e. The molecule has 0 radical (unpaired) electrons. The minimum atomic E-state index is -0.189. The van der Waals surface area contributed by atoms with Crippen LogP contribution in [0.2, 0.25) is 0 Å². The summed E-state index contributed by atoms with van der Waals surface area (Å²) in [4.78, 5) is 12.6. The molecule has 0 saturated carbocycles. The molecule has 0 amide bonds. The Morgan fingerprint density at radius 3 is 2.25 bits per heavy atom. The quantitative estimate of drug-likeness (QED) is 0.800. The molecule has 0 spiro atoms. The fourth-order valence-electron chi connectivity index (χ4n) is 4.61. The van der Waals surface area contributed by atoms with Gasteiger partial charge in [-0.3, -0.25) is 0 Å². The van der Waals surface area contributed by atoms with Gasteiger partial charge in [0.2, 0.25) is 0 Å². The summed E-state index contributed by atoms with van der Waals surface area (Å²) in [6, 6.07) is 18.6. The summed E-state index contributed by atoms with van der Waals surface area (Å²) in [6.07, 6.45) is 0.0488. The molecule has 1 saturated heterocycles. The highest BCUT2D eigenvalue weighted by Crippen LogP contribution is 2.69. The van der Waals surface area contributed by atoms with Gasteiger partial charge < -0.3 is 9.47 Å². The van der Waals surface area contributed by atoms with Crippen LogP contribution < -0.4 is 0 Å². The molecule has 5 rings (SSSR count). The minimum absolute atomic E-state index is 0.0110. The van der Waals surface area contributed by atoms with Gasteiger partial charge in [-0.1, -0.05) is 54.6 Å². The maximum atomic E-state index is 12.6. The SMILES string of the molecule is CCOC(=O)C1=C(c2ccccc2)[C@H]2[C@@H]1[C@H]1O[C@@H]2c2ccccc21. The van der Waals surface area contributed by atoms with Gasteiger partial charge in [0.05, 0.1) is 18.8 Å². The number of carbonyl (C=O) groups is 1. The van der Waals surface area contributed by atoms with Gasteiger partial charge in [-0.05, 0) is 29.2 Å². The molecule has 2 aliphatic heterocycles. The van der Waals surface area contributed by atoms with Gasteiger partial charge in [-0.2, -0.15) is 0 Å². The maximum Gasteiger partial charge on any atom is 0.334 e. The summed E-state index contributed by atoms with van der Waals surface area (Å²) >= 11 is 0. The van der Waals surface area contributed by atoms with E-state index in [9.17, 15) is 4.79 Å². The molecule has 2 bridgehead atoms. The molecule has 1 fully saturated rings. The van der Waals surface area contributed by atoms with Crippen molar-refractivity contribution in [3.8, 4) is 0 Å². The fourth-order valence-corrected chi connectivity index (χ4v) is 4.61. The normalized spacial score (nSPS) is 29.0. The molecule has 0 N–H and O–H groups in total. The van der Waals surface area contributed by atoms with Crippen LogP contribution in [0.4, 0.5) is 0 Å². The van der Waals surface area contributed by atoms with E-state index in [1.54, 1.807) is 0 Å². The van der Waals surface area contributed by atoms with Crippen molar-refractivity contribution in [2.24, 2.45) is 11.8 Å². The molecule has 2 heterocycles. The predicted molar refractivity (Wildman–Crippen MR) is 90.0 cm³/mol. The van der Waals surface area contributed by atoms with Gasteiger partial charge in [0, 0.05) is 17.4 Å². The van der Waals surface area contributed by atoms with Gasteiger partial charge in [0.25, 0.3) is 0 Å². The van der Waals surface area contributed by atoms with Gasteiger partial charge in [0.15, 0.2) is 0 Å². The van der Waals surface area contributed by atoms with Gasteiger partial charge in [-0.15, -0.1) is 0 Å². The van der Waals surface area contributed by atoms with Crippen molar-refractivity contribution in [2.45, 2.75) is 19.1 Å². The number of ether oxygens (including phenoxy) is 2. The Morgan fingerprint density at radius 2 is 1.58 bits per heavy atom. The van der Waals surface area contributed by atoms with Crippen LogP contribution in [0, 0.1) is 11.8 Å². The lowest BCUT2D eigenvalue weighted by Crippen LogP contribution is -2.38. The number of hydrogen-bond donors (Lipinski definition) is 0. The number of benzene rings is 2. The summed E-state index contributed by atoms with van der Waals surface area (Å²) in [7, 11) is 0. The number of esters is 1. The molecule has 0 aromatic heterocycles. The summed E-state index contributed by atoms with van der Waals surface area (Å²) in [5.74, 6) is 0.192. The molecule has 0 unspecified atom stereocenters. The monoisotopic (exact) mass is 318 g/mol. The van der Waals surface area contributed by atoms with E-state index in [0.717, 1.165) is 16.7 Å². The van der Waals surface area contributed by atoms with Crippen molar-refractivity contribution in [2.75, 3.05) is 6.61 Å². The Bertz CT molecular complexity index is 852. The standard InChI is InChI=1S/C21H18O3/c1-2-23-21(22)18-15(12-8-4-3-5-9-12)16-17(18)20-14-11-7-6-10-13(14)19(16)24-20/h3-11,16-17,19-20H,2H2,1H3/t16-,17-,19+,20-/m0/s1. The lowest BCUT2D eigenvalue weighted by Gasteiger charge is -2.42.